The van der Waals surface area contributed by atoms with Gasteiger partial charge in [-0.15, -0.1) is 0 Å². The van der Waals surface area contributed by atoms with Crippen molar-refractivity contribution in [2.24, 2.45) is 0 Å². The van der Waals surface area contributed by atoms with E-state index in [0.717, 1.165) is 18.4 Å². The van der Waals surface area contributed by atoms with Gasteiger partial charge in [0, 0.05) is 18.6 Å². The van der Waals surface area contributed by atoms with Crippen molar-refractivity contribution in [3.05, 3.63) is 35.9 Å². The van der Waals surface area contributed by atoms with Crippen LogP contribution in [0.3, 0.4) is 0 Å². The lowest BCUT2D eigenvalue weighted by atomic mass is 10.2. The van der Waals surface area contributed by atoms with E-state index in [0.29, 0.717) is 25.6 Å². The number of hydrogen-bond acceptors (Lipinski definition) is 4. The molecule has 1 atom stereocenters. The molecule has 126 valence electrons. The molecule has 1 saturated heterocycles. The summed E-state index contributed by atoms with van der Waals surface area (Å²) in [5, 5.41) is 0. The quantitative estimate of drug-likeness (QED) is 0.786. The number of carbonyl (C=O) groups is 1. The topological polar surface area (TPSA) is 57.7 Å². The molecule has 0 bridgehead atoms. The van der Waals surface area contributed by atoms with Crippen LogP contribution in [0.2, 0.25) is 0 Å². The second kappa shape index (κ2) is 6.61. The van der Waals surface area contributed by atoms with Crippen molar-refractivity contribution in [3.63, 3.8) is 0 Å². The Morgan fingerprint density at radius 3 is 2.39 bits per heavy atom. The van der Waals surface area contributed by atoms with E-state index in [-0.39, 0.29) is 23.5 Å². The zero-order valence-electron chi connectivity index (χ0n) is 13.5. The van der Waals surface area contributed by atoms with E-state index in [1.807, 2.05) is 47.2 Å². The van der Waals surface area contributed by atoms with E-state index < -0.39 is 9.84 Å². The number of nitrogens with zero attached hydrogens (tertiary/aromatic N) is 2. The Bertz CT molecular complexity index is 656. The smallest absolute Gasteiger partial charge is 0.237 e. The third kappa shape index (κ3) is 4.32. The second-order valence-electron chi connectivity index (χ2n) is 6.71. The molecule has 1 heterocycles. The van der Waals surface area contributed by atoms with Crippen LogP contribution in [0.5, 0.6) is 0 Å². The van der Waals surface area contributed by atoms with Crippen molar-refractivity contribution in [2.75, 3.05) is 25.1 Å². The Kier molecular flexibility index (Phi) is 4.73. The molecule has 2 fully saturated rings. The standard InChI is InChI=1S/C17H24N2O3S/c1-18(16-9-10-23(21,22)13-16)12-17(20)19(15-7-8-15)11-14-5-3-2-4-6-14/h2-6,15-16H,7-13H2,1H3. The summed E-state index contributed by atoms with van der Waals surface area (Å²) in [6, 6.07) is 10.3. The molecule has 6 heteroatoms. The highest BCUT2D eigenvalue weighted by molar-refractivity contribution is 7.91. The van der Waals surface area contributed by atoms with Crippen LogP contribution in [0.15, 0.2) is 30.3 Å². The zero-order chi connectivity index (χ0) is 16.4. The molecule has 1 aliphatic carbocycles. The number of benzene rings is 1. The van der Waals surface area contributed by atoms with Crippen LogP contribution in [0.25, 0.3) is 0 Å². The van der Waals surface area contributed by atoms with Crippen LogP contribution < -0.4 is 0 Å². The highest BCUT2D eigenvalue weighted by Gasteiger charge is 2.35. The molecular formula is C17H24N2O3S. The molecule has 2 aliphatic rings. The highest BCUT2D eigenvalue weighted by Crippen LogP contribution is 2.29. The largest absolute Gasteiger partial charge is 0.334 e. The Balaban J connectivity index is 1.60. The number of carbonyl (C=O) groups excluding carboxylic acids is 1. The van der Waals surface area contributed by atoms with Crippen molar-refractivity contribution < 1.29 is 13.2 Å². The average molecular weight is 336 g/mol. The molecule has 23 heavy (non-hydrogen) atoms. The van der Waals surface area contributed by atoms with Crippen LogP contribution in [0.1, 0.15) is 24.8 Å². The fourth-order valence-corrected chi connectivity index (χ4v) is 4.95. The van der Waals surface area contributed by atoms with Gasteiger partial charge in [0.05, 0.1) is 18.1 Å². The van der Waals surface area contributed by atoms with E-state index in [9.17, 15) is 13.2 Å². The summed E-state index contributed by atoms with van der Waals surface area (Å²) in [5.74, 6) is 0.522. The highest BCUT2D eigenvalue weighted by atomic mass is 32.2. The predicted molar refractivity (Wildman–Crippen MR) is 89.7 cm³/mol. The Hall–Kier alpha value is -1.40. The van der Waals surface area contributed by atoms with Crippen molar-refractivity contribution >= 4 is 15.7 Å². The molecule has 1 saturated carbocycles. The van der Waals surface area contributed by atoms with E-state index in [1.165, 1.54) is 0 Å². The SMILES string of the molecule is CN(CC(=O)N(Cc1ccccc1)C1CC1)C1CCS(=O)(=O)C1. The lowest BCUT2D eigenvalue weighted by molar-refractivity contribution is -0.133. The Morgan fingerprint density at radius 1 is 1.13 bits per heavy atom. The molecule has 1 aliphatic heterocycles. The predicted octanol–water partition coefficient (Wildman–Crippen LogP) is 1.30. The van der Waals surface area contributed by atoms with Crippen LogP contribution >= 0.6 is 0 Å². The fourth-order valence-electron chi connectivity index (χ4n) is 3.14. The van der Waals surface area contributed by atoms with Crippen LogP contribution in [0, 0.1) is 0 Å². The van der Waals surface area contributed by atoms with Gasteiger partial charge in [-0.05, 0) is 31.9 Å². The second-order valence-corrected chi connectivity index (χ2v) is 8.94. The van der Waals surface area contributed by atoms with Gasteiger partial charge in [-0.3, -0.25) is 9.69 Å². The van der Waals surface area contributed by atoms with Crippen LogP contribution in [0.4, 0.5) is 0 Å². The van der Waals surface area contributed by atoms with Gasteiger partial charge in [-0.1, -0.05) is 30.3 Å². The maximum absolute atomic E-state index is 12.7. The molecule has 1 aromatic rings. The average Bonchev–Trinajstić information content (AvgIpc) is 3.28. The summed E-state index contributed by atoms with van der Waals surface area (Å²) in [6.07, 6.45) is 2.77. The Labute approximate surface area is 138 Å². The van der Waals surface area contributed by atoms with Gasteiger partial charge in [0.2, 0.25) is 5.91 Å². The summed E-state index contributed by atoms with van der Waals surface area (Å²) in [6.45, 7) is 0.935. The first-order chi connectivity index (χ1) is 10.9. The summed E-state index contributed by atoms with van der Waals surface area (Å²) in [4.78, 5) is 16.6. The molecule has 1 amide bonds. The molecule has 1 aromatic carbocycles. The minimum Gasteiger partial charge on any atom is -0.334 e. The summed E-state index contributed by atoms with van der Waals surface area (Å²) >= 11 is 0. The number of hydrogen-bond donors (Lipinski definition) is 0. The van der Waals surface area contributed by atoms with Crippen LogP contribution in [-0.4, -0.2) is 61.3 Å². The first-order valence-electron chi connectivity index (χ1n) is 8.19. The normalized spacial score (nSPS) is 23.1. The van der Waals surface area contributed by atoms with Crippen molar-refractivity contribution in [2.45, 2.75) is 37.9 Å². The molecule has 0 spiro atoms. The Morgan fingerprint density at radius 2 is 1.83 bits per heavy atom. The van der Waals surface area contributed by atoms with Gasteiger partial charge in [0.25, 0.3) is 0 Å². The molecule has 1 unspecified atom stereocenters. The van der Waals surface area contributed by atoms with Crippen LogP contribution in [-0.2, 0) is 21.2 Å². The van der Waals surface area contributed by atoms with Crippen molar-refractivity contribution in [1.82, 2.24) is 9.80 Å². The monoisotopic (exact) mass is 336 g/mol. The summed E-state index contributed by atoms with van der Waals surface area (Å²) in [5.41, 5.74) is 1.14. The first-order valence-corrected chi connectivity index (χ1v) is 10.0. The van der Waals surface area contributed by atoms with Gasteiger partial charge < -0.3 is 4.90 Å². The zero-order valence-corrected chi connectivity index (χ0v) is 14.3. The summed E-state index contributed by atoms with van der Waals surface area (Å²) < 4.78 is 23.2. The first kappa shape index (κ1) is 16.5. The van der Waals surface area contributed by atoms with E-state index in [2.05, 4.69) is 0 Å². The van der Waals surface area contributed by atoms with Gasteiger partial charge in [0.15, 0.2) is 9.84 Å². The lowest BCUT2D eigenvalue weighted by Gasteiger charge is -2.28. The number of sulfone groups is 1. The van der Waals surface area contributed by atoms with Gasteiger partial charge >= 0.3 is 0 Å². The third-order valence-corrected chi connectivity index (χ3v) is 6.47. The maximum Gasteiger partial charge on any atom is 0.237 e. The molecular weight excluding hydrogens is 312 g/mol. The number of likely N-dealkylation sites (N-methyl/N-ethyl adjacent to an activating group) is 1. The maximum atomic E-state index is 12.7. The molecule has 0 aromatic heterocycles. The number of amides is 1. The van der Waals surface area contributed by atoms with E-state index in [4.69, 9.17) is 0 Å². The minimum atomic E-state index is -2.92. The van der Waals surface area contributed by atoms with E-state index in [1.54, 1.807) is 0 Å². The fraction of sp³-hybridized carbons (Fsp3) is 0.588. The third-order valence-electron chi connectivity index (χ3n) is 4.72. The molecule has 3 rings (SSSR count). The van der Waals surface area contributed by atoms with Gasteiger partial charge in [-0.2, -0.15) is 0 Å². The van der Waals surface area contributed by atoms with Crippen molar-refractivity contribution in [1.29, 1.82) is 0 Å². The molecule has 0 N–H and O–H groups in total. The minimum absolute atomic E-state index is 0.0262. The molecule has 0 radical (unpaired) electrons. The van der Waals surface area contributed by atoms with Crippen molar-refractivity contribution in [3.8, 4) is 0 Å². The van der Waals surface area contributed by atoms with Gasteiger partial charge in [0.1, 0.15) is 0 Å². The number of rotatable bonds is 6. The lowest BCUT2D eigenvalue weighted by Crippen LogP contribution is -2.43. The summed E-state index contributed by atoms with van der Waals surface area (Å²) in [7, 11) is -1.06. The van der Waals surface area contributed by atoms with Gasteiger partial charge in [-0.25, -0.2) is 8.42 Å². The molecule has 5 nitrogen and oxygen atoms in total. The van der Waals surface area contributed by atoms with E-state index >= 15 is 0 Å².